The first-order chi connectivity index (χ1) is 16.8. The van der Waals surface area contributed by atoms with Gasteiger partial charge >= 0.3 is 0 Å². The molecule has 36 heavy (non-hydrogen) atoms. The van der Waals surface area contributed by atoms with Crippen LogP contribution >= 0.6 is 0 Å². The molecule has 0 atom stereocenters. The van der Waals surface area contributed by atoms with Crippen molar-refractivity contribution in [2.24, 2.45) is 0 Å². The minimum Gasteiger partial charge on any atom is -0.343 e. The van der Waals surface area contributed by atoms with E-state index in [9.17, 15) is 0 Å². The second-order valence-corrected chi connectivity index (χ2v) is 10.3. The van der Waals surface area contributed by atoms with Gasteiger partial charge in [-0.05, 0) is 25.7 Å². The van der Waals surface area contributed by atoms with E-state index in [4.69, 9.17) is 0 Å². The first kappa shape index (κ1) is 44.6. The zero-order valence-electron chi connectivity index (χ0n) is 24.8. The van der Waals surface area contributed by atoms with E-state index in [0.29, 0.717) is 0 Å². The van der Waals surface area contributed by atoms with Crippen molar-refractivity contribution < 1.29 is 62.2 Å². The van der Waals surface area contributed by atoms with Crippen LogP contribution in [0, 0.1) is 76.1 Å². The fourth-order valence-electron chi connectivity index (χ4n) is 4.47. The minimum atomic E-state index is 0. The normalized spacial score (nSPS) is 10.1. The van der Waals surface area contributed by atoms with Crippen molar-refractivity contribution in [3.05, 3.63) is 39.2 Å². The van der Waals surface area contributed by atoms with Gasteiger partial charge in [0, 0.05) is 62.2 Å². The van der Waals surface area contributed by atoms with Crippen molar-refractivity contribution in [3.63, 3.8) is 0 Å². The van der Waals surface area contributed by atoms with Crippen molar-refractivity contribution >= 4 is 0 Å². The molecule has 0 saturated carbocycles. The second-order valence-electron chi connectivity index (χ2n) is 10.3. The van der Waals surface area contributed by atoms with Gasteiger partial charge in [0.25, 0.3) is 0 Å². The zero-order valence-corrected chi connectivity index (χ0v) is 33.1. The molecule has 0 aliphatic heterocycles. The van der Waals surface area contributed by atoms with Crippen LogP contribution in [0.25, 0.3) is 0 Å². The van der Waals surface area contributed by atoms with Crippen LogP contribution in [0.5, 0.6) is 0 Å². The molecule has 0 radical (unpaired) electrons. The number of rotatable bonds is 28. The Morgan fingerprint density at radius 1 is 0.306 bits per heavy atom. The fourth-order valence-corrected chi connectivity index (χ4v) is 4.47. The predicted molar refractivity (Wildman–Crippen MR) is 160 cm³/mol. The molecule has 0 N–H and O–H groups in total. The van der Waals surface area contributed by atoms with Crippen molar-refractivity contribution in [1.82, 2.24) is 0 Å². The van der Waals surface area contributed by atoms with E-state index in [1.54, 1.807) is 0 Å². The van der Waals surface area contributed by atoms with Crippen LogP contribution in [-0.2, 0) is 0 Å². The summed E-state index contributed by atoms with van der Waals surface area (Å²) >= 11 is 0. The summed E-state index contributed by atoms with van der Waals surface area (Å²) in [7, 11) is 0. The molecule has 0 heterocycles. The summed E-state index contributed by atoms with van der Waals surface area (Å²) in [5.41, 5.74) is 0. The average Bonchev–Trinajstić information content (AvgIpc) is 2.85. The Hall–Kier alpha value is 1.58. The third kappa shape index (κ3) is 48.6. The summed E-state index contributed by atoms with van der Waals surface area (Å²) in [6.07, 6.45) is 43.0. The summed E-state index contributed by atoms with van der Waals surface area (Å²) in [5, 5.41) is 0. The number of hydrogen-bond donors (Lipinski definition) is 0. The smallest absolute Gasteiger partial charge is 0 e. The topological polar surface area (TPSA) is 0 Å². The number of unbranched alkanes of at least 4 members (excludes halogenated alkanes) is 26. The summed E-state index contributed by atoms with van der Waals surface area (Å²) in [6.45, 7) is 15.0. The standard InChI is InChI=1S/C27H52.C7H14.2U/c1-3-5-7-9-11-13-15-17-19-21-23-25-27-26-24-22-20-18-16-14-12-10-8-6-4-2;1-3-5-7-6-4-2;;/h3-4H,1-2,5-27H2;1-7H2;;/q;-2;;. The molecule has 0 fully saturated rings. The molecular formula is C34H66U2-2. The first-order valence-electron chi connectivity index (χ1n) is 15.6. The van der Waals surface area contributed by atoms with Crippen LogP contribution < -0.4 is 0 Å². The van der Waals surface area contributed by atoms with Gasteiger partial charge in [-0.3, -0.25) is 0 Å². The maximum atomic E-state index is 3.79. The molecule has 0 spiro atoms. The summed E-state index contributed by atoms with van der Waals surface area (Å²) in [5.74, 6) is 0. The quantitative estimate of drug-likeness (QED) is 0.0416. The summed E-state index contributed by atoms with van der Waals surface area (Å²) in [6, 6.07) is 0. The van der Waals surface area contributed by atoms with Crippen LogP contribution in [0.2, 0.25) is 0 Å². The Morgan fingerprint density at radius 2 is 0.472 bits per heavy atom. The van der Waals surface area contributed by atoms with E-state index in [1.165, 1.54) is 167 Å². The maximum Gasteiger partial charge on any atom is 0 e. The van der Waals surface area contributed by atoms with Crippen LogP contribution in [0.15, 0.2) is 25.3 Å². The molecule has 2 heteroatoms. The van der Waals surface area contributed by atoms with Crippen LogP contribution in [-0.4, -0.2) is 0 Å². The number of hydrogen-bond acceptors (Lipinski definition) is 0. The van der Waals surface area contributed by atoms with E-state index in [1.807, 2.05) is 0 Å². The van der Waals surface area contributed by atoms with Crippen molar-refractivity contribution in [3.8, 4) is 0 Å². The summed E-state index contributed by atoms with van der Waals surface area (Å²) in [4.78, 5) is 0. The third-order valence-corrected chi connectivity index (χ3v) is 6.82. The van der Waals surface area contributed by atoms with Crippen molar-refractivity contribution in [2.75, 3.05) is 0 Å². The van der Waals surface area contributed by atoms with Crippen molar-refractivity contribution in [1.29, 1.82) is 0 Å². The Kier molecular flexibility index (Phi) is 57.5. The van der Waals surface area contributed by atoms with E-state index in [0.717, 1.165) is 12.8 Å². The molecule has 0 aromatic carbocycles. The van der Waals surface area contributed by atoms with E-state index in [-0.39, 0.29) is 62.2 Å². The van der Waals surface area contributed by atoms with E-state index < -0.39 is 0 Å². The largest absolute Gasteiger partial charge is 0.343 e. The molecule has 0 saturated heterocycles. The average molecular weight is 951 g/mol. The Balaban J connectivity index is -0.000000495. The molecule has 0 amide bonds. The fraction of sp³-hybridized carbons (Fsp3) is 0.824. The SMILES string of the molecule is C=CCCCCCCCCCCCCCCCCCCCCCCCC=C.[CH2-]CCCCC[CH2-].[U].[U]. The van der Waals surface area contributed by atoms with Gasteiger partial charge in [-0.2, -0.15) is 12.8 Å². The van der Waals surface area contributed by atoms with Gasteiger partial charge in [0.05, 0.1) is 0 Å². The number of allylic oxidation sites excluding steroid dienone is 2. The molecule has 0 aliphatic rings. The first-order valence-corrected chi connectivity index (χ1v) is 15.6. The van der Waals surface area contributed by atoms with Crippen LogP contribution in [0.3, 0.4) is 0 Å². The molecule has 0 aromatic rings. The zero-order chi connectivity index (χ0) is 25.2. The minimum absolute atomic E-state index is 0. The Labute approximate surface area is 278 Å². The maximum absolute atomic E-state index is 3.79. The summed E-state index contributed by atoms with van der Waals surface area (Å²) < 4.78 is 0. The predicted octanol–water partition coefficient (Wildman–Crippen LogP) is 12.9. The Morgan fingerprint density at radius 3 is 0.639 bits per heavy atom. The second kappa shape index (κ2) is 46.4. The Bertz CT molecular complexity index is 321. The molecule has 0 aromatic heterocycles. The monoisotopic (exact) mass is 951 g/mol. The van der Waals surface area contributed by atoms with Gasteiger partial charge in [-0.25, -0.2) is 0 Å². The van der Waals surface area contributed by atoms with Crippen LogP contribution in [0.4, 0.5) is 0 Å². The molecule has 212 valence electrons. The molecular weight excluding hydrogens is 884 g/mol. The third-order valence-electron chi connectivity index (χ3n) is 6.82. The van der Waals surface area contributed by atoms with Crippen LogP contribution in [0.1, 0.15) is 180 Å². The van der Waals surface area contributed by atoms with Crippen molar-refractivity contribution in [2.45, 2.75) is 180 Å². The van der Waals surface area contributed by atoms with Gasteiger partial charge in [0.1, 0.15) is 0 Å². The molecule has 0 rings (SSSR count). The van der Waals surface area contributed by atoms with Gasteiger partial charge < -0.3 is 13.8 Å². The van der Waals surface area contributed by atoms with Gasteiger partial charge in [-0.15, -0.1) is 13.2 Å². The molecule has 0 aliphatic carbocycles. The molecule has 0 bridgehead atoms. The van der Waals surface area contributed by atoms with Gasteiger partial charge in [0.15, 0.2) is 0 Å². The van der Waals surface area contributed by atoms with E-state index in [2.05, 4.69) is 39.2 Å². The molecule has 0 nitrogen and oxygen atoms in total. The van der Waals surface area contributed by atoms with E-state index >= 15 is 0 Å². The molecule has 0 unspecified atom stereocenters. The van der Waals surface area contributed by atoms with Gasteiger partial charge in [-0.1, -0.05) is 153 Å². The van der Waals surface area contributed by atoms with Gasteiger partial charge in [0.2, 0.25) is 0 Å².